The number of amides is 2. The number of rotatable bonds is 8. The van der Waals surface area contributed by atoms with Gasteiger partial charge in [-0.2, -0.15) is 0 Å². The molecule has 0 atom stereocenters. The van der Waals surface area contributed by atoms with Gasteiger partial charge in [-0.25, -0.2) is 0 Å². The molecule has 0 aromatic carbocycles. The van der Waals surface area contributed by atoms with Gasteiger partial charge in [0, 0.05) is 6.54 Å². The summed E-state index contributed by atoms with van der Waals surface area (Å²) in [6.07, 6.45) is 6.01. The second kappa shape index (κ2) is 6.59. The molecule has 1 aromatic rings. The van der Waals surface area contributed by atoms with Crippen LogP contribution in [0.4, 0.5) is 0 Å². The van der Waals surface area contributed by atoms with Crippen molar-refractivity contribution in [1.29, 1.82) is 0 Å². The predicted octanol–water partition coefficient (Wildman–Crippen LogP) is 1.98. The van der Waals surface area contributed by atoms with Gasteiger partial charge in [-0.05, 0) is 31.4 Å². The van der Waals surface area contributed by atoms with Gasteiger partial charge in [-0.15, -0.1) is 0 Å². The van der Waals surface area contributed by atoms with E-state index in [1.54, 1.807) is 18.4 Å². The first kappa shape index (κ1) is 14.6. The minimum Gasteiger partial charge on any atom is -0.467 e. The molecule has 110 valence electrons. The Labute approximate surface area is 119 Å². The molecular formula is C15H22N2O3. The first-order valence-electron chi connectivity index (χ1n) is 7.28. The van der Waals surface area contributed by atoms with Crippen LogP contribution in [0.25, 0.3) is 0 Å². The van der Waals surface area contributed by atoms with Crippen molar-refractivity contribution in [2.75, 3.05) is 6.54 Å². The van der Waals surface area contributed by atoms with Crippen LogP contribution in [0.3, 0.4) is 0 Å². The van der Waals surface area contributed by atoms with E-state index in [1.807, 2.05) is 0 Å². The summed E-state index contributed by atoms with van der Waals surface area (Å²) >= 11 is 0. The molecule has 1 fully saturated rings. The summed E-state index contributed by atoms with van der Waals surface area (Å²) in [6.45, 7) is 3.10. The van der Waals surface area contributed by atoms with Crippen molar-refractivity contribution in [3.8, 4) is 0 Å². The average Bonchev–Trinajstić information content (AvgIpc) is 3.11. The molecule has 1 aliphatic rings. The third-order valence-corrected chi connectivity index (χ3v) is 3.69. The number of hydrogen-bond acceptors (Lipinski definition) is 3. The van der Waals surface area contributed by atoms with Crippen molar-refractivity contribution in [2.45, 2.75) is 45.6 Å². The minimum atomic E-state index is -0.835. The van der Waals surface area contributed by atoms with E-state index in [-0.39, 0.29) is 11.8 Å². The normalized spacial score (nSPS) is 15.7. The fourth-order valence-electron chi connectivity index (χ4n) is 2.18. The van der Waals surface area contributed by atoms with Crippen molar-refractivity contribution in [1.82, 2.24) is 10.6 Å². The second-order valence-corrected chi connectivity index (χ2v) is 5.31. The van der Waals surface area contributed by atoms with Crippen molar-refractivity contribution in [3.05, 3.63) is 24.2 Å². The number of nitrogens with one attached hydrogen (secondary N) is 2. The molecule has 2 N–H and O–H groups in total. The first-order chi connectivity index (χ1) is 9.69. The van der Waals surface area contributed by atoms with Crippen molar-refractivity contribution < 1.29 is 14.0 Å². The lowest BCUT2D eigenvalue weighted by Gasteiger charge is -2.14. The number of furan rings is 1. The van der Waals surface area contributed by atoms with Gasteiger partial charge in [0.05, 0.1) is 12.8 Å². The first-order valence-corrected chi connectivity index (χ1v) is 7.28. The molecule has 1 aliphatic carbocycles. The van der Waals surface area contributed by atoms with E-state index in [0.717, 1.165) is 19.3 Å². The van der Waals surface area contributed by atoms with Crippen LogP contribution >= 0.6 is 0 Å². The van der Waals surface area contributed by atoms with Crippen LogP contribution < -0.4 is 10.6 Å². The van der Waals surface area contributed by atoms with Crippen LogP contribution in [-0.4, -0.2) is 18.4 Å². The van der Waals surface area contributed by atoms with E-state index in [1.165, 1.54) is 0 Å². The van der Waals surface area contributed by atoms with Gasteiger partial charge in [-0.1, -0.05) is 19.8 Å². The van der Waals surface area contributed by atoms with Crippen LogP contribution in [0, 0.1) is 5.41 Å². The Bertz CT molecular complexity index is 450. The van der Waals surface area contributed by atoms with E-state index in [0.29, 0.717) is 31.7 Å². The molecule has 1 heterocycles. The number of unbranched alkanes of at least 4 members (excludes halogenated alkanes) is 2. The highest BCUT2D eigenvalue weighted by Crippen LogP contribution is 2.46. The van der Waals surface area contributed by atoms with Gasteiger partial charge in [0.25, 0.3) is 0 Å². The molecule has 0 aliphatic heterocycles. The SMILES string of the molecule is CCCCCNC(=O)C1(C(=O)NCc2ccco2)CC1. The zero-order chi connectivity index (χ0) is 14.4. The maximum absolute atomic E-state index is 12.1. The molecule has 1 saturated carbocycles. The molecule has 0 radical (unpaired) electrons. The van der Waals surface area contributed by atoms with E-state index in [2.05, 4.69) is 17.6 Å². The van der Waals surface area contributed by atoms with Gasteiger partial charge in [0.2, 0.25) is 11.8 Å². The zero-order valence-corrected chi connectivity index (χ0v) is 11.9. The molecule has 20 heavy (non-hydrogen) atoms. The quantitative estimate of drug-likeness (QED) is 0.564. The summed E-state index contributed by atoms with van der Waals surface area (Å²) in [5.74, 6) is 0.366. The summed E-state index contributed by atoms with van der Waals surface area (Å²) in [5.41, 5.74) is -0.835. The molecule has 0 bridgehead atoms. The van der Waals surface area contributed by atoms with E-state index in [9.17, 15) is 9.59 Å². The molecule has 5 heteroatoms. The third-order valence-electron chi connectivity index (χ3n) is 3.69. The largest absolute Gasteiger partial charge is 0.467 e. The lowest BCUT2D eigenvalue weighted by atomic mass is 10.1. The summed E-state index contributed by atoms with van der Waals surface area (Å²) < 4.78 is 5.15. The van der Waals surface area contributed by atoms with E-state index >= 15 is 0 Å². The van der Waals surface area contributed by atoms with E-state index in [4.69, 9.17) is 4.42 Å². The standard InChI is InChI=1S/C15H22N2O3/c1-2-3-4-9-16-13(18)15(7-8-15)14(19)17-11-12-6-5-10-20-12/h5-6,10H,2-4,7-9,11H2,1H3,(H,16,18)(H,17,19). The van der Waals surface area contributed by atoms with Gasteiger partial charge >= 0.3 is 0 Å². The fraction of sp³-hybridized carbons (Fsp3) is 0.600. The van der Waals surface area contributed by atoms with E-state index < -0.39 is 5.41 Å². The average molecular weight is 278 g/mol. The van der Waals surface area contributed by atoms with Crippen LogP contribution in [0.2, 0.25) is 0 Å². The summed E-state index contributed by atoms with van der Waals surface area (Å²) in [6, 6.07) is 3.57. The smallest absolute Gasteiger partial charge is 0.236 e. The minimum absolute atomic E-state index is 0.134. The summed E-state index contributed by atoms with van der Waals surface area (Å²) in [4.78, 5) is 24.2. The molecule has 5 nitrogen and oxygen atoms in total. The third kappa shape index (κ3) is 3.40. The lowest BCUT2D eigenvalue weighted by Crippen LogP contribution is -2.43. The monoisotopic (exact) mass is 278 g/mol. The van der Waals surface area contributed by atoms with Crippen LogP contribution in [-0.2, 0) is 16.1 Å². The Morgan fingerprint density at radius 3 is 2.60 bits per heavy atom. The Morgan fingerprint density at radius 1 is 1.25 bits per heavy atom. The van der Waals surface area contributed by atoms with Crippen molar-refractivity contribution >= 4 is 11.8 Å². The van der Waals surface area contributed by atoms with Crippen LogP contribution in [0.15, 0.2) is 22.8 Å². The van der Waals surface area contributed by atoms with Gasteiger partial charge in [0.15, 0.2) is 0 Å². The highest BCUT2D eigenvalue weighted by atomic mass is 16.3. The Kier molecular flexibility index (Phi) is 4.82. The van der Waals surface area contributed by atoms with Crippen LogP contribution in [0.5, 0.6) is 0 Å². The lowest BCUT2D eigenvalue weighted by molar-refractivity contribution is -0.137. The van der Waals surface area contributed by atoms with Crippen molar-refractivity contribution in [2.24, 2.45) is 5.41 Å². The molecule has 0 saturated heterocycles. The Balaban J connectivity index is 1.77. The predicted molar refractivity (Wildman–Crippen MR) is 74.8 cm³/mol. The maximum Gasteiger partial charge on any atom is 0.236 e. The molecule has 2 rings (SSSR count). The Morgan fingerprint density at radius 2 is 2.00 bits per heavy atom. The summed E-state index contributed by atoms with van der Waals surface area (Å²) in [7, 11) is 0. The molecule has 2 amide bonds. The molecule has 0 spiro atoms. The fourth-order valence-corrected chi connectivity index (χ4v) is 2.18. The number of hydrogen-bond donors (Lipinski definition) is 2. The Hall–Kier alpha value is -1.78. The second-order valence-electron chi connectivity index (χ2n) is 5.31. The topological polar surface area (TPSA) is 71.3 Å². The zero-order valence-electron chi connectivity index (χ0n) is 11.9. The molecule has 1 aromatic heterocycles. The number of carbonyl (C=O) groups is 2. The maximum atomic E-state index is 12.1. The molecular weight excluding hydrogens is 256 g/mol. The van der Waals surface area contributed by atoms with Crippen molar-refractivity contribution in [3.63, 3.8) is 0 Å². The highest BCUT2D eigenvalue weighted by Gasteiger charge is 2.56. The van der Waals surface area contributed by atoms with Gasteiger partial charge < -0.3 is 15.1 Å². The summed E-state index contributed by atoms with van der Waals surface area (Å²) in [5, 5.41) is 5.65. The van der Waals surface area contributed by atoms with Crippen LogP contribution in [0.1, 0.15) is 44.8 Å². The molecule has 0 unspecified atom stereocenters. The van der Waals surface area contributed by atoms with Gasteiger partial charge in [-0.3, -0.25) is 9.59 Å². The number of carbonyl (C=O) groups excluding carboxylic acids is 2. The highest BCUT2D eigenvalue weighted by molar-refractivity contribution is 6.07. The van der Waals surface area contributed by atoms with Gasteiger partial charge in [0.1, 0.15) is 11.2 Å².